The molecule has 3 fully saturated rings. The Morgan fingerprint density at radius 3 is 2.40 bits per heavy atom. The van der Waals surface area contributed by atoms with E-state index in [0.717, 1.165) is 0 Å². The number of carbonyl (C=O) groups is 3. The van der Waals surface area contributed by atoms with Gasteiger partial charge >= 0.3 is 12.1 Å². The standard InChI is InChI=1S/C34H62N4O10/c1-12-26-34(8)29(37-32(43)48-34)21(6)36-16-19(4)15-33(7,44-11)30(20(5)23(39)14-27(41)46-26)47-31-28(42)22(38(9)10)13-25(45-31)24(40)17-35-18(2)3/h18-22,24-26,28-31,35-36,40,42H,12-17H2,1-11H3,(H,37,43)/t19-,20+,21-,22?,24?,25?,26-,28?,29-,30-,31+,33-,34-/m1/s1. The van der Waals surface area contributed by atoms with Crippen molar-refractivity contribution >= 4 is 17.8 Å². The number of esters is 1. The first-order chi connectivity index (χ1) is 22.4. The molecule has 1 amide bonds. The van der Waals surface area contributed by atoms with Gasteiger partial charge in [0.25, 0.3) is 0 Å². The Labute approximate surface area is 286 Å². The molecule has 3 aliphatic heterocycles. The number of alkyl carbamates (subject to hydrolysis) is 1. The molecule has 278 valence electrons. The van der Waals surface area contributed by atoms with Crippen LogP contribution in [0.15, 0.2) is 0 Å². The van der Waals surface area contributed by atoms with Crippen molar-refractivity contribution in [3.63, 3.8) is 0 Å². The molecular formula is C34H62N4O10. The first-order valence-corrected chi connectivity index (χ1v) is 17.4. The summed E-state index contributed by atoms with van der Waals surface area (Å²) in [6, 6.07) is -1.02. The van der Waals surface area contributed by atoms with Crippen LogP contribution in [0, 0.1) is 11.8 Å². The van der Waals surface area contributed by atoms with E-state index in [1.54, 1.807) is 21.0 Å². The van der Waals surface area contributed by atoms with Crippen LogP contribution in [0.4, 0.5) is 4.79 Å². The van der Waals surface area contributed by atoms with E-state index in [9.17, 15) is 24.6 Å². The van der Waals surface area contributed by atoms with Crippen LogP contribution in [0.2, 0.25) is 0 Å². The van der Waals surface area contributed by atoms with Gasteiger partial charge in [0, 0.05) is 37.7 Å². The van der Waals surface area contributed by atoms with Crippen molar-refractivity contribution < 1.29 is 48.3 Å². The van der Waals surface area contributed by atoms with Gasteiger partial charge < -0.3 is 54.7 Å². The SMILES string of the molecule is CC[C@H]1OC(=O)CC(=O)[C@H](C)[C@@H](O[C@@H]2OC(C(O)CNC(C)C)CC(N(C)C)C2O)[C@](C)(OC)C[C@@H](C)CN[C@H](C)[C@H]2NC(=O)O[C@@]21C. The molecule has 3 aliphatic rings. The smallest absolute Gasteiger partial charge is 0.408 e. The number of nitrogens with one attached hydrogen (secondary N) is 3. The van der Waals surface area contributed by atoms with Gasteiger partial charge in [0.05, 0.1) is 30.0 Å². The summed E-state index contributed by atoms with van der Waals surface area (Å²) in [5, 5.41) is 32.2. The van der Waals surface area contributed by atoms with Crippen molar-refractivity contribution in [3.05, 3.63) is 0 Å². The lowest BCUT2D eigenvalue weighted by molar-refractivity contribution is -0.306. The normalized spacial score (nSPS) is 41.2. The minimum absolute atomic E-state index is 0.0107. The molecule has 0 aliphatic carbocycles. The maximum Gasteiger partial charge on any atom is 0.408 e. The maximum absolute atomic E-state index is 13.9. The summed E-state index contributed by atoms with van der Waals surface area (Å²) in [4.78, 5) is 41.5. The molecule has 3 heterocycles. The molecule has 5 N–H and O–H groups in total. The summed E-state index contributed by atoms with van der Waals surface area (Å²) < 4.78 is 30.6. The highest BCUT2D eigenvalue weighted by Gasteiger charge is 2.55. The van der Waals surface area contributed by atoms with Crippen molar-refractivity contribution in [1.29, 1.82) is 0 Å². The zero-order valence-corrected chi connectivity index (χ0v) is 30.8. The summed E-state index contributed by atoms with van der Waals surface area (Å²) in [6.45, 7) is 15.9. The largest absolute Gasteiger partial charge is 0.458 e. The minimum atomic E-state index is -1.20. The van der Waals surface area contributed by atoms with Crippen molar-refractivity contribution in [1.82, 2.24) is 20.9 Å². The number of ketones is 1. The molecule has 0 spiro atoms. The Hall–Kier alpha value is -1.91. The second-order valence-electron chi connectivity index (χ2n) is 15.0. The second kappa shape index (κ2) is 16.9. The average molecular weight is 687 g/mol. The number of nitrogens with zero attached hydrogens (tertiary/aromatic N) is 1. The number of rotatable bonds is 9. The topological polar surface area (TPSA) is 177 Å². The van der Waals surface area contributed by atoms with Crippen molar-refractivity contribution in [2.75, 3.05) is 34.3 Å². The second-order valence-corrected chi connectivity index (χ2v) is 15.0. The van der Waals surface area contributed by atoms with Gasteiger partial charge in [-0.2, -0.15) is 0 Å². The Balaban J connectivity index is 1.98. The van der Waals surface area contributed by atoms with E-state index in [2.05, 4.69) is 16.0 Å². The van der Waals surface area contributed by atoms with Gasteiger partial charge in [-0.1, -0.05) is 34.6 Å². The summed E-state index contributed by atoms with van der Waals surface area (Å²) >= 11 is 0. The third kappa shape index (κ3) is 9.45. The Kier molecular flexibility index (Phi) is 14.2. The van der Waals surface area contributed by atoms with Gasteiger partial charge in [-0.3, -0.25) is 9.59 Å². The van der Waals surface area contributed by atoms with Gasteiger partial charge in [-0.05, 0) is 66.6 Å². The minimum Gasteiger partial charge on any atom is -0.458 e. The molecule has 14 nitrogen and oxygen atoms in total. The third-order valence-corrected chi connectivity index (χ3v) is 10.4. The van der Waals surface area contributed by atoms with E-state index < -0.39 is 90.3 Å². The van der Waals surface area contributed by atoms with E-state index in [0.29, 0.717) is 25.8 Å². The van der Waals surface area contributed by atoms with E-state index in [1.165, 1.54) is 0 Å². The van der Waals surface area contributed by atoms with E-state index in [1.807, 2.05) is 60.5 Å². The number of methoxy groups -OCH3 is 1. The Morgan fingerprint density at radius 1 is 1.15 bits per heavy atom. The fourth-order valence-corrected chi connectivity index (χ4v) is 7.48. The number of cyclic esters (lactones) is 1. The molecule has 3 saturated heterocycles. The van der Waals surface area contributed by atoms with Crippen LogP contribution in [-0.4, -0.2) is 139 Å². The molecule has 13 atom stereocenters. The molecule has 4 unspecified atom stereocenters. The van der Waals surface area contributed by atoms with Crippen molar-refractivity contribution in [2.45, 2.75) is 153 Å². The number of Topliss-reactive ketones (excluding diaryl/α,β-unsaturated/α-hetero) is 1. The highest BCUT2D eigenvalue weighted by Crippen LogP contribution is 2.37. The Morgan fingerprint density at radius 2 is 1.81 bits per heavy atom. The van der Waals surface area contributed by atoms with Gasteiger partial charge in [-0.15, -0.1) is 0 Å². The number of carbonyl (C=O) groups excluding carboxylic acids is 3. The predicted molar refractivity (Wildman–Crippen MR) is 178 cm³/mol. The Bertz CT molecular complexity index is 1100. The van der Waals surface area contributed by atoms with Crippen LogP contribution in [0.1, 0.15) is 81.1 Å². The van der Waals surface area contributed by atoms with Crippen LogP contribution < -0.4 is 16.0 Å². The highest BCUT2D eigenvalue weighted by atomic mass is 16.7. The lowest BCUT2D eigenvalue weighted by Gasteiger charge is -2.47. The molecule has 0 aromatic heterocycles. The number of hydrogen-bond acceptors (Lipinski definition) is 13. The maximum atomic E-state index is 13.9. The molecule has 14 heteroatoms. The van der Waals surface area contributed by atoms with Gasteiger partial charge in [-0.25, -0.2) is 4.79 Å². The first-order valence-electron chi connectivity index (χ1n) is 17.4. The molecule has 0 bridgehead atoms. The zero-order chi connectivity index (χ0) is 36.1. The highest BCUT2D eigenvalue weighted by molar-refractivity contribution is 5.97. The number of fused-ring (bicyclic) bond motifs is 1. The predicted octanol–water partition coefficient (Wildman–Crippen LogP) is 1.34. The summed E-state index contributed by atoms with van der Waals surface area (Å²) in [5.41, 5.74) is -2.24. The van der Waals surface area contributed by atoms with Crippen LogP contribution in [0.3, 0.4) is 0 Å². The number of likely N-dealkylation sites (N-methyl/N-ethyl adjacent to an activating group) is 1. The fraction of sp³-hybridized carbons (Fsp3) is 0.912. The van der Waals surface area contributed by atoms with Crippen LogP contribution in [0.5, 0.6) is 0 Å². The molecule has 0 radical (unpaired) electrons. The number of amides is 1. The van der Waals surface area contributed by atoms with Crippen LogP contribution >= 0.6 is 0 Å². The van der Waals surface area contributed by atoms with E-state index in [4.69, 9.17) is 23.7 Å². The monoisotopic (exact) mass is 686 g/mol. The number of hydrogen-bond donors (Lipinski definition) is 5. The van der Waals surface area contributed by atoms with Crippen LogP contribution in [-0.2, 0) is 33.3 Å². The molecule has 48 heavy (non-hydrogen) atoms. The molecule has 3 rings (SSSR count). The van der Waals surface area contributed by atoms with Gasteiger partial charge in [0.1, 0.15) is 24.4 Å². The summed E-state index contributed by atoms with van der Waals surface area (Å²) in [5.74, 6) is -2.08. The lowest BCUT2D eigenvalue weighted by atomic mass is 9.80. The summed E-state index contributed by atoms with van der Waals surface area (Å²) in [7, 11) is 5.24. The molecule has 0 aromatic carbocycles. The summed E-state index contributed by atoms with van der Waals surface area (Å²) in [6.07, 6.45) is -5.58. The van der Waals surface area contributed by atoms with Crippen molar-refractivity contribution in [3.8, 4) is 0 Å². The van der Waals surface area contributed by atoms with Gasteiger partial charge in [0.15, 0.2) is 11.9 Å². The number of ether oxygens (including phenoxy) is 5. The van der Waals surface area contributed by atoms with E-state index in [-0.39, 0.29) is 24.5 Å². The molecule has 0 aromatic rings. The van der Waals surface area contributed by atoms with Gasteiger partial charge in [0.2, 0.25) is 0 Å². The quantitative estimate of drug-likeness (QED) is 0.174. The number of aliphatic hydroxyl groups is 2. The average Bonchev–Trinajstić information content (AvgIpc) is 3.33. The van der Waals surface area contributed by atoms with Crippen LogP contribution in [0.25, 0.3) is 0 Å². The molecule has 0 saturated carbocycles. The fourth-order valence-electron chi connectivity index (χ4n) is 7.48. The molecular weight excluding hydrogens is 624 g/mol. The number of aliphatic hydroxyl groups excluding tert-OH is 2. The van der Waals surface area contributed by atoms with E-state index >= 15 is 0 Å². The first kappa shape index (κ1) is 40.5. The third-order valence-electron chi connectivity index (χ3n) is 10.4. The zero-order valence-electron chi connectivity index (χ0n) is 30.8. The lowest BCUT2D eigenvalue weighted by Crippen LogP contribution is -2.61. The van der Waals surface area contributed by atoms with Crippen molar-refractivity contribution in [2.24, 2.45) is 11.8 Å².